The minimum atomic E-state index is -4.28. The number of fused-ring (bicyclic) bond motifs is 1. The number of carbonyl (C=O) groups excluding carboxylic acids is 2. The van der Waals surface area contributed by atoms with Crippen molar-refractivity contribution in [3.8, 4) is 11.5 Å². The highest BCUT2D eigenvalue weighted by Gasteiger charge is 2.34. The lowest BCUT2D eigenvalue weighted by Gasteiger charge is -2.42. The fraction of sp³-hybridized carbons (Fsp3) is 0.484. The fourth-order valence-corrected chi connectivity index (χ4v) is 5.48. The number of methoxy groups -OCH3 is 2. The number of phenols is 1. The van der Waals surface area contributed by atoms with Gasteiger partial charge in [0.1, 0.15) is 22.7 Å². The second kappa shape index (κ2) is 12.5. The minimum Gasteiger partial charge on any atom is -0.507 e. The summed E-state index contributed by atoms with van der Waals surface area (Å²) in [5.41, 5.74) is 2.22. The molecule has 0 bridgehead atoms. The Bertz CT molecular complexity index is 1490. The van der Waals surface area contributed by atoms with Crippen LogP contribution in [0.2, 0.25) is 0 Å². The van der Waals surface area contributed by atoms with E-state index in [1.807, 2.05) is 19.1 Å². The van der Waals surface area contributed by atoms with Crippen molar-refractivity contribution < 1.29 is 42.1 Å². The number of halogens is 3. The van der Waals surface area contributed by atoms with Gasteiger partial charge in [-0.15, -0.1) is 0 Å². The molecule has 12 heteroatoms. The minimum absolute atomic E-state index is 0.00654. The maximum Gasteiger partial charge on any atom is 0.419 e. The predicted octanol–water partition coefficient (Wildman–Crippen LogP) is 6.05. The van der Waals surface area contributed by atoms with Gasteiger partial charge in [-0.05, 0) is 63.1 Å². The van der Waals surface area contributed by atoms with Gasteiger partial charge in [-0.3, -0.25) is 14.4 Å². The van der Waals surface area contributed by atoms with Crippen LogP contribution in [0, 0.1) is 6.92 Å². The summed E-state index contributed by atoms with van der Waals surface area (Å²) < 4.78 is 56.7. The number of ether oxygens (including phenoxy) is 3. The maximum absolute atomic E-state index is 13.1. The van der Waals surface area contributed by atoms with Crippen molar-refractivity contribution in [1.82, 2.24) is 14.4 Å². The Hall–Kier alpha value is -3.77. The third-order valence-corrected chi connectivity index (χ3v) is 7.50. The molecule has 0 spiro atoms. The molecule has 9 nitrogen and oxygen atoms in total. The van der Waals surface area contributed by atoms with E-state index in [-0.39, 0.29) is 24.4 Å². The highest BCUT2D eigenvalue weighted by Crippen LogP contribution is 2.37. The van der Waals surface area contributed by atoms with Crippen LogP contribution in [0.1, 0.15) is 60.3 Å². The van der Waals surface area contributed by atoms with Crippen molar-refractivity contribution in [2.24, 2.45) is 0 Å². The Morgan fingerprint density at radius 2 is 1.79 bits per heavy atom. The van der Waals surface area contributed by atoms with Crippen LogP contribution < -0.4 is 4.74 Å². The molecule has 4 rings (SSSR count). The first-order chi connectivity index (χ1) is 20.1. The number of piperazine rings is 1. The van der Waals surface area contributed by atoms with E-state index in [0.29, 0.717) is 36.5 Å². The Morgan fingerprint density at radius 1 is 1.07 bits per heavy atom. The number of aryl methyl sites for hydroxylation is 1. The first kappa shape index (κ1) is 32.2. The zero-order chi connectivity index (χ0) is 31.7. The van der Waals surface area contributed by atoms with E-state index in [1.54, 1.807) is 45.0 Å². The smallest absolute Gasteiger partial charge is 0.419 e. The van der Waals surface area contributed by atoms with Crippen LogP contribution in [0.3, 0.4) is 0 Å². The Kier molecular flexibility index (Phi) is 9.31. The first-order valence-corrected chi connectivity index (χ1v) is 14.0. The summed E-state index contributed by atoms with van der Waals surface area (Å²) in [7, 11) is 2.77. The molecule has 1 saturated heterocycles. The van der Waals surface area contributed by atoms with Crippen LogP contribution in [0.25, 0.3) is 10.9 Å². The molecule has 43 heavy (non-hydrogen) atoms. The maximum atomic E-state index is 13.1. The van der Waals surface area contributed by atoms with Crippen LogP contribution in [0.5, 0.6) is 11.5 Å². The Labute approximate surface area is 248 Å². The summed E-state index contributed by atoms with van der Waals surface area (Å²) in [5, 5.41) is 11.4. The molecule has 1 atom stereocenters. The third-order valence-electron chi connectivity index (χ3n) is 7.50. The molecule has 2 heterocycles. The van der Waals surface area contributed by atoms with Crippen LogP contribution in [0.4, 0.5) is 18.0 Å². The molecule has 1 aliphatic rings. The molecule has 0 unspecified atom stereocenters. The van der Waals surface area contributed by atoms with Gasteiger partial charge in [-0.25, -0.2) is 9.59 Å². The normalized spacial score (nSPS) is 16.8. The highest BCUT2D eigenvalue weighted by atomic mass is 19.4. The van der Waals surface area contributed by atoms with Crippen LogP contribution in [-0.2, 0) is 16.0 Å². The fourth-order valence-electron chi connectivity index (χ4n) is 5.48. The van der Waals surface area contributed by atoms with E-state index in [9.17, 15) is 27.9 Å². The number of aromatic hydroxyl groups is 1. The molecule has 2 aromatic carbocycles. The van der Waals surface area contributed by atoms with Gasteiger partial charge in [0.15, 0.2) is 0 Å². The second-order valence-corrected chi connectivity index (χ2v) is 11.7. The number of aromatic nitrogens is 1. The Morgan fingerprint density at radius 3 is 2.40 bits per heavy atom. The summed E-state index contributed by atoms with van der Waals surface area (Å²) in [6.45, 7) is 8.54. The second-order valence-electron chi connectivity index (χ2n) is 11.7. The van der Waals surface area contributed by atoms with E-state index in [2.05, 4.69) is 4.90 Å². The molecule has 1 aromatic heterocycles. The number of nitrogens with zero attached hydrogens (tertiary/aromatic N) is 3. The van der Waals surface area contributed by atoms with Crippen molar-refractivity contribution in [3.05, 3.63) is 58.8 Å². The van der Waals surface area contributed by atoms with Gasteiger partial charge in [0.05, 0.1) is 26.2 Å². The molecule has 0 amide bonds. The topological polar surface area (TPSA) is 93.5 Å². The van der Waals surface area contributed by atoms with Gasteiger partial charge in [-0.2, -0.15) is 13.2 Å². The van der Waals surface area contributed by atoms with Crippen LogP contribution in [-0.4, -0.2) is 83.7 Å². The number of carbonyl (C=O) groups is 2. The quantitative estimate of drug-likeness (QED) is 0.326. The van der Waals surface area contributed by atoms with Crippen molar-refractivity contribution in [2.75, 3.05) is 40.4 Å². The number of alkyl halides is 3. The molecular weight excluding hydrogens is 567 g/mol. The molecular formula is C31H38F3N3O6. The average molecular weight is 606 g/mol. The molecule has 234 valence electrons. The van der Waals surface area contributed by atoms with Gasteiger partial charge in [0, 0.05) is 55.9 Å². The molecule has 0 radical (unpaired) electrons. The summed E-state index contributed by atoms with van der Waals surface area (Å²) in [6, 6.07) is 7.85. The lowest BCUT2D eigenvalue weighted by atomic mass is 9.97. The predicted molar refractivity (Wildman–Crippen MR) is 155 cm³/mol. The van der Waals surface area contributed by atoms with Crippen molar-refractivity contribution >= 4 is 23.0 Å². The standard InChI is InChI=1S/C31H38F3N3O6/c1-19-15-26(41-5)23(21-9-11-37(27(19)21)29(40)43-30(2,3)4)17-36-14-13-35(12-10-31(32,33)34)18-24(36)20-7-8-22(25(38)16-20)28(39)42-6/h7-9,11,15-16,24,38H,10,12-14,17-18H2,1-6H3/t24-/m0/s1. The van der Waals surface area contributed by atoms with Crippen molar-refractivity contribution in [1.29, 1.82) is 0 Å². The van der Waals surface area contributed by atoms with Crippen LogP contribution >= 0.6 is 0 Å². The first-order valence-electron chi connectivity index (χ1n) is 14.0. The number of esters is 1. The number of rotatable bonds is 7. The summed E-state index contributed by atoms with van der Waals surface area (Å²) >= 11 is 0. The summed E-state index contributed by atoms with van der Waals surface area (Å²) in [6.07, 6.45) is -4.07. The van der Waals surface area contributed by atoms with E-state index >= 15 is 0 Å². The lowest BCUT2D eigenvalue weighted by molar-refractivity contribution is -0.139. The van der Waals surface area contributed by atoms with Gasteiger partial charge < -0.3 is 19.3 Å². The van der Waals surface area contributed by atoms with E-state index in [4.69, 9.17) is 14.2 Å². The van der Waals surface area contributed by atoms with E-state index < -0.39 is 36.3 Å². The largest absolute Gasteiger partial charge is 0.507 e. The SMILES string of the molecule is COC(=O)c1ccc([C@@H]2CN(CCC(F)(F)F)CCN2Cc2c(OC)cc(C)c3c2ccn3C(=O)OC(C)(C)C)cc1O. The molecule has 1 N–H and O–H groups in total. The average Bonchev–Trinajstić information content (AvgIpc) is 3.38. The highest BCUT2D eigenvalue weighted by molar-refractivity contribution is 5.95. The van der Waals surface area contributed by atoms with Crippen molar-refractivity contribution in [3.63, 3.8) is 0 Å². The molecule has 3 aromatic rings. The monoisotopic (exact) mass is 605 g/mol. The molecule has 0 aliphatic carbocycles. The summed E-state index contributed by atoms with van der Waals surface area (Å²) in [4.78, 5) is 28.9. The number of hydrogen-bond acceptors (Lipinski definition) is 8. The number of hydrogen-bond donors (Lipinski definition) is 1. The van der Waals surface area contributed by atoms with Gasteiger partial charge >= 0.3 is 18.2 Å². The van der Waals surface area contributed by atoms with Crippen molar-refractivity contribution in [2.45, 2.75) is 58.5 Å². The number of benzene rings is 2. The van der Waals surface area contributed by atoms with Crippen LogP contribution in [0.15, 0.2) is 36.5 Å². The van der Waals surface area contributed by atoms with E-state index in [0.717, 1.165) is 16.5 Å². The zero-order valence-corrected chi connectivity index (χ0v) is 25.2. The zero-order valence-electron chi connectivity index (χ0n) is 25.2. The molecule has 1 aliphatic heterocycles. The van der Waals surface area contributed by atoms with Gasteiger partial charge in [0.2, 0.25) is 0 Å². The van der Waals surface area contributed by atoms with E-state index in [1.165, 1.54) is 23.8 Å². The van der Waals surface area contributed by atoms with Gasteiger partial charge in [0.25, 0.3) is 0 Å². The molecule has 0 saturated carbocycles. The third kappa shape index (κ3) is 7.42. The van der Waals surface area contributed by atoms with Gasteiger partial charge in [-0.1, -0.05) is 6.07 Å². The summed E-state index contributed by atoms with van der Waals surface area (Å²) in [5.74, 6) is -0.367. The lowest BCUT2D eigenvalue weighted by Crippen LogP contribution is -2.48. The molecule has 1 fully saturated rings. The Balaban J connectivity index is 1.74. The number of phenolic OH excluding ortho intramolecular Hbond substituents is 1.